The lowest BCUT2D eigenvalue weighted by Crippen LogP contribution is -2.49. The first-order valence-electron chi connectivity index (χ1n) is 11.6. The molecule has 3 heterocycles. The molecule has 0 bridgehead atoms. The number of carbonyl (C=O) groups excluding carboxylic acids is 1. The lowest BCUT2D eigenvalue weighted by Gasteiger charge is -2.36. The van der Waals surface area contributed by atoms with Gasteiger partial charge in [0.2, 0.25) is 10.9 Å². The van der Waals surface area contributed by atoms with Gasteiger partial charge in [0.25, 0.3) is 5.56 Å². The minimum absolute atomic E-state index is 0.0954. The fourth-order valence-electron chi connectivity index (χ4n) is 4.45. The van der Waals surface area contributed by atoms with E-state index in [1.807, 2.05) is 65.6 Å². The summed E-state index contributed by atoms with van der Waals surface area (Å²) in [5.74, 6) is 0.103. The molecular weight excluding hydrogens is 446 g/mol. The number of fused-ring (bicyclic) bond motifs is 1. The molecule has 0 spiro atoms. The Kier molecular flexibility index (Phi) is 6.51. The highest BCUT2D eigenvalue weighted by molar-refractivity contribution is 7.19. The predicted molar refractivity (Wildman–Crippen MR) is 134 cm³/mol. The van der Waals surface area contributed by atoms with Gasteiger partial charge in [-0.3, -0.25) is 14.5 Å². The summed E-state index contributed by atoms with van der Waals surface area (Å²) >= 11 is 1.42. The van der Waals surface area contributed by atoms with E-state index in [-0.39, 0.29) is 17.4 Å². The van der Waals surface area contributed by atoms with Gasteiger partial charge in [-0.2, -0.15) is 9.61 Å². The molecule has 0 aliphatic carbocycles. The van der Waals surface area contributed by atoms with Gasteiger partial charge in [0, 0.05) is 44.4 Å². The number of nitrogens with zero attached hydrogens (tertiary/aromatic N) is 5. The zero-order valence-electron chi connectivity index (χ0n) is 19.1. The van der Waals surface area contributed by atoms with Crippen molar-refractivity contribution in [3.05, 3.63) is 88.3 Å². The summed E-state index contributed by atoms with van der Waals surface area (Å²) in [6.45, 7) is 5.53. The second-order valence-electron chi connectivity index (χ2n) is 8.53. The fraction of sp³-hybridized carbons (Fsp3) is 0.308. The van der Waals surface area contributed by atoms with Crippen molar-refractivity contribution in [1.82, 2.24) is 24.4 Å². The second kappa shape index (κ2) is 9.87. The second-order valence-corrected chi connectivity index (χ2v) is 9.48. The molecule has 1 fully saturated rings. The average Bonchev–Trinajstić information content (AvgIpc) is 3.31. The Morgan fingerprint density at radius 3 is 2.35 bits per heavy atom. The molecule has 2 aromatic carbocycles. The van der Waals surface area contributed by atoms with Gasteiger partial charge in [0.05, 0.1) is 11.6 Å². The third kappa shape index (κ3) is 4.64. The molecule has 8 heteroatoms. The number of hydrogen-bond donors (Lipinski definition) is 0. The Bertz CT molecular complexity index is 1330. The van der Waals surface area contributed by atoms with Crippen molar-refractivity contribution in [1.29, 1.82) is 0 Å². The number of benzene rings is 2. The number of piperazine rings is 1. The Morgan fingerprint density at radius 2 is 1.68 bits per heavy atom. The van der Waals surface area contributed by atoms with Crippen molar-refractivity contribution in [3.8, 4) is 10.6 Å². The molecule has 5 rings (SSSR count). The fourth-order valence-corrected chi connectivity index (χ4v) is 5.38. The lowest BCUT2D eigenvalue weighted by atomic mass is 9.95. The molecule has 1 atom stereocenters. The number of aromatic nitrogens is 3. The maximum Gasteiger partial charge on any atom is 0.275 e. The molecular formula is C26H27N5O2S. The van der Waals surface area contributed by atoms with Gasteiger partial charge in [-0.15, -0.1) is 0 Å². The molecule has 2 aromatic heterocycles. The Labute approximate surface area is 202 Å². The van der Waals surface area contributed by atoms with E-state index in [0.29, 0.717) is 24.6 Å². The van der Waals surface area contributed by atoms with Gasteiger partial charge in [-0.25, -0.2) is 4.98 Å². The van der Waals surface area contributed by atoms with Crippen molar-refractivity contribution >= 4 is 22.2 Å². The van der Waals surface area contributed by atoms with Gasteiger partial charge < -0.3 is 4.90 Å². The maximum atomic E-state index is 13.2. The lowest BCUT2D eigenvalue weighted by molar-refractivity contribution is -0.134. The van der Waals surface area contributed by atoms with Crippen molar-refractivity contribution in [2.24, 2.45) is 0 Å². The summed E-state index contributed by atoms with van der Waals surface area (Å²) in [7, 11) is 0. The van der Waals surface area contributed by atoms with Crippen LogP contribution >= 0.6 is 11.3 Å². The number of hydrogen-bond acceptors (Lipinski definition) is 6. The largest absolute Gasteiger partial charge is 0.340 e. The van der Waals surface area contributed by atoms with Crippen LogP contribution in [0.3, 0.4) is 0 Å². The summed E-state index contributed by atoms with van der Waals surface area (Å²) in [6.07, 6.45) is 0.788. The molecule has 0 N–H and O–H groups in total. The van der Waals surface area contributed by atoms with E-state index in [1.54, 1.807) is 6.07 Å². The number of rotatable bonds is 6. The van der Waals surface area contributed by atoms with E-state index in [4.69, 9.17) is 4.98 Å². The Hall–Kier alpha value is -3.36. The standard InChI is InChI=1S/C26H27N5O2S/c1-2-22(19-9-5-3-6-10-19)25(33)30-15-13-29(14-16-30)18-21-17-23(32)31-26(27-21)34-24(28-31)20-11-7-4-8-12-20/h3-12,17,22H,2,13-16,18H2,1H3/t22-/m1/s1. The molecule has 174 valence electrons. The molecule has 4 aromatic rings. The van der Waals surface area contributed by atoms with E-state index < -0.39 is 0 Å². The van der Waals surface area contributed by atoms with Crippen LogP contribution in [0.2, 0.25) is 0 Å². The summed E-state index contributed by atoms with van der Waals surface area (Å²) < 4.78 is 1.38. The van der Waals surface area contributed by atoms with Crippen LogP contribution in [-0.2, 0) is 11.3 Å². The minimum atomic E-state index is -0.166. The molecule has 34 heavy (non-hydrogen) atoms. The molecule has 0 unspecified atom stereocenters. The number of carbonyl (C=O) groups is 1. The topological polar surface area (TPSA) is 70.8 Å². The van der Waals surface area contributed by atoms with Crippen LogP contribution in [0.15, 0.2) is 71.5 Å². The van der Waals surface area contributed by atoms with Crippen LogP contribution in [0.4, 0.5) is 0 Å². The van der Waals surface area contributed by atoms with Crippen LogP contribution < -0.4 is 5.56 Å². The summed E-state index contributed by atoms with van der Waals surface area (Å²) in [5.41, 5.74) is 2.63. The highest BCUT2D eigenvalue weighted by Crippen LogP contribution is 2.25. The predicted octanol–water partition coefficient (Wildman–Crippen LogP) is 3.66. The SMILES string of the molecule is CC[C@@H](C(=O)N1CCN(Cc2cc(=O)n3nc(-c4ccccc4)sc3n2)CC1)c1ccccc1. The zero-order chi connectivity index (χ0) is 23.5. The van der Waals surface area contributed by atoms with Gasteiger partial charge in [-0.05, 0) is 12.0 Å². The first-order chi connectivity index (χ1) is 16.6. The van der Waals surface area contributed by atoms with Gasteiger partial charge in [0.15, 0.2) is 0 Å². The molecule has 0 saturated carbocycles. The highest BCUT2D eigenvalue weighted by atomic mass is 32.1. The third-order valence-electron chi connectivity index (χ3n) is 6.30. The summed E-state index contributed by atoms with van der Waals surface area (Å²) in [6, 6.07) is 21.4. The number of amides is 1. The molecule has 1 aliphatic heterocycles. The van der Waals surface area contributed by atoms with E-state index in [2.05, 4.69) is 16.9 Å². The normalized spacial score (nSPS) is 15.5. The van der Waals surface area contributed by atoms with Gasteiger partial charge in [-0.1, -0.05) is 78.9 Å². The quantitative estimate of drug-likeness (QED) is 0.428. The van der Waals surface area contributed by atoms with Crippen LogP contribution in [0, 0.1) is 0 Å². The van der Waals surface area contributed by atoms with Gasteiger partial charge in [0.1, 0.15) is 5.01 Å². The minimum Gasteiger partial charge on any atom is -0.340 e. The molecule has 1 amide bonds. The summed E-state index contributed by atoms with van der Waals surface area (Å²) in [5, 5.41) is 5.23. The third-order valence-corrected chi connectivity index (χ3v) is 7.25. The first kappa shape index (κ1) is 22.4. The van der Waals surface area contributed by atoms with Crippen LogP contribution in [-0.4, -0.2) is 56.5 Å². The monoisotopic (exact) mass is 473 g/mol. The van der Waals surface area contributed by atoms with Crippen LogP contribution in [0.1, 0.15) is 30.5 Å². The van der Waals surface area contributed by atoms with E-state index in [1.165, 1.54) is 15.9 Å². The van der Waals surface area contributed by atoms with E-state index in [9.17, 15) is 9.59 Å². The Balaban J connectivity index is 1.25. The maximum absolute atomic E-state index is 13.2. The van der Waals surface area contributed by atoms with E-state index >= 15 is 0 Å². The van der Waals surface area contributed by atoms with Crippen molar-refractivity contribution in [3.63, 3.8) is 0 Å². The average molecular weight is 474 g/mol. The Morgan fingerprint density at radius 1 is 1.00 bits per heavy atom. The molecule has 0 radical (unpaired) electrons. The van der Waals surface area contributed by atoms with Crippen LogP contribution in [0.5, 0.6) is 0 Å². The molecule has 1 saturated heterocycles. The smallest absolute Gasteiger partial charge is 0.275 e. The first-order valence-corrected chi connectivity index (χ1v) is 12.5. The summed E-state index contributed by atoms with van der Waals surface area (Å²) in [4.78, 5) is 35.4. The molecule has 7 nitrogen and oxygen atoms in total. The van der Waals surface area contributed by atoms with Crippen molar-refractivity contribution in [2.45, 2.75) is 25.8 Å². The van der Waals surface area contributed by atoms with E-state index in [0.717, 1.165) is 41.3 Å². The zero-order valence-corrected chi connectivity index (χ0v) is 19.9. The van der Waals surface area contributed by atoms with Crippen molar-refractivity contribution in [2.75, 3.05) is 26.2 Å². The molecule has 1 aliphatic rings. The van der Waals surface area contributed by atoms with Crippen molar-refractivity contribution < 1.29 is 4.79 Å². The van der Waals surface area contributed by atoms with Crippen LogP contribution in [0.25, 0.3) is 15.5 Å². The highest BCUT2D eigenvalue weighted by Gasteiger charge is 2.27. The van der Waals surface area contributed by atoms with Gasteiger partial charge >= 0.3 is 0 Å².